The highest BCUT2D eigenvalue weighted by Crippen LogP contribution is 2.06. The molecule has 1 saturated heterocycles. The lowest BCUT2D eigenvalue weighted by atomic mass is 10.1. The Balaban J connectivity index is 1.77. The van der Waals surface area contributed by atoms with Crippen molar-refractivity contribution in [1.29, 1.82) is 0 Å². The quantitative estimate of drug-likeness (QED) is 0.451. The van der Waals surface area contributed by atoms with Crippen LogP contribution in [0.15, 0.2) is 29.3 Å². The molecule has 2 rings (SSSR count). The third kappa shape index (κ3) is 7.38. The zero-order valence-corrected chi connectivity index (χ0v) is 18.0. The Morgan fingerprint density at radius 2 is 1.90 bits per heavy atom. The second-order valence-corrected chi connectivity index (χ2v) is 7.49. The van der Waals surface area contributed by atoms with Crippen molar-refractivity contribution in [1.82, 2.24) is 25.8 Å². The van der Waals surface area contributed by atoms with Gasteiger partial charge in [-0.25, -0.2) is 0 Å². The molecular weight excluding hydrogens is 368 g/mol. The number of guanidine groups is 1. The first-order valence-corrected chi connectivity index (χ1v) is 10.2. The molecule has 0 unspecified atom stereocenters. The lowest BCUT2D eigenvalue weighted by Crippen LogP contribution is -2.54. The first-order valence-electron chi connectivity index (χ1n) is 10.2. The first kappa shape index (κ1) is 22.7. The average Bonchev–Trinajstić information content (AvgIpc) is 2.71. The molecule has 2 amide bonds. The summed E-state index contributed by atoms with van der Waals surface area (Å²) < 4.78 is 0. The van der Waals surface area contributed by atoms with Crippen LogP contribution in [0.3, 0.4) is 0 Å². The number of nitrogens with zero attached hydrogens (tertiary/aromatic N) is 3. The number of carbonyl (C=O) groups is 2. The summed E-state index contributed by atoms with van der Waals surface area (Å²) in [5.74, 6) is 0.879. The first-order chi connectivity index (χ1) is 13.9. The number of nitrogens with one attached hydrogen (secondary N) is 3. The molecule has 1 heterocycles. The number of benzene rings is 1. The smallest absolute Gasteiger partial charge is 0.251 e. The van der Waals surface area contributed by atoms with Crippen molar-refractivity contribution in [2.24, 2.45) is 4.99 Å². The number of carbonyl (C=O) groups excluding carboxylic acids is 2. The summed E-state index contributed by atoms with van der Waals surface area (Å²) in [6.07, 6.45) is 0.805. The number of rotatable bonds is 7. The SMILES string of the molecule is CN=C(NCCc1cccc(C(=O)NC)c1)N1CCN(CC(=O)NC(C)C)CC1. The zero-order valence-electron chi connectivity index (χ0n) is 18.0. The summed E-state index contributed by atoms with van der Waals surface area (Å²) in [6, 6.07) is 7.84. The van der Waals surface area contributed by atoms with Gasteiger partial charge in [-0.15, -0.1) is 0 Å². The minimum atomic E-state index is -0.0736. The van der Waals surface area contributed by atoms with Gasteiger partial charge in [0.05, 0.1) is 6.54 Å². The predicted molar refractivity (Wildman–Crippen MR) is 116 cm³/mol. The maximum Gasteiger partial charge on any atom is 0.251 e. The van der Waals surface area contributed by atoms with Gasteiger partial charge in [0.25, 0.3) is 5.91 Å². The Kier molecular flexibility index (Phi) is 8.92. The van der Waals surface area contributed by atoms with Gasteiger partial charge in [0.2, 0.25) is 5.91 Å². The molecule has 1 aliphatic heterocycles. The lowest BCUT2D eigenvalue weighted by Gasteiger charge is -2.36. The van der Waals surface area contributed by atoms with E-state index in [-0.39, 0.29) is 17.9 Å². The summed E-state index contributed by atoms with van der Waals surface area (Å²) >= 11 is 0. The van der Waals surface area contributed by atoms with Crippen LogP contribution in [0.25, 0.3) is 0 Å². The zero-order chi connectivity index (χ0) is 21.2. The Bertz CT molecular complexity index is 711. The molecule has 29 heavy (non-hydrogen) atoms. The van der Waals surface area contributed by atoms with E-state index >= 15 is 0 Å². The molecule has 3 N–H and O–H groups in total. The highest BCUT2D eigenvalue weighted by atomic mass is 16.2. The number of hydrogen-bond donors (Lipinski definition) is 3. The van der Waals surface area contributed by atoms with Crippen molar-refractivity contribution in [3.8, 4) is 0 Å². The van der Waals surface area contributed by atoms with Gasteiger partial charge in [0.1, 0.15) is 0 Å². The van der Waals surface area contributed by atoms with Gasteiger partial charge in [0.15, 0.2) is 5.96 Å². The second-order valence-electron chi connectivity index (χ2n) is 7.49. The molecule has 1 fully saturated rings. The Morgan fingerprint density at radius 3 is 2.52 bits per heavy atom. The van der Waals surface area contributed by atoms with Crippen LogP contribution in [0.4, 0.5) is 0 Å². The number of aliphatic imine (C=N–C) groups is 1. The van der Waals surface area contributed by atoms with Crippen LogP contribution >= 0.6 is 0 Å². The Labute approximate surface area is 173 Å². The van der Waals surface area contributed by atoms with E-state index in [1.807, 2.05) is 38.1 Å². The van der Waals surface area contributed by atoms with E-state index in [2.05, 4.69) is 30.7 Å². The van der Waals surface area contributed by atoms with Crippen molar-refractivity contribution < 1.29 is 9.59 Å². The van der Waals surface area contributed by atoms with Crippen molar-refractivity contribution in [2.45, 2.75) is 26.3 Å². The lowest BCUT2D eigenvalue weighted by molar-refractivity contribution is -0.123. The Morgan fingerprint density at radius 1 is 1.17 bits per heavy atom. The van der Waals surface area contributed by atoms with Crippen LogP contribution < -0.4 is 16.0 Å². The van der Waals surface area contributed by atoms with Crippen molar-refractivity contribution in [2.75, 3.05) is 53.4 Å². The molecule has 0 saturated carbocycles. The number of piperazine rings is 1. The van der Waals surface area contributed by atoms with E-state index in [0.717, 1.165) is 50.7 Å². The highest BCUT2D eigenvalue weighted by Gasteiger charge is 2.21. The van der Waals surface area contributed by atoms with Gasteiger partial charge in [-0.1, -0.05) is 12.1 Å². The van der Waals surface area contributed by atoms with Crippen molar-refractivity contribution >= 4 is 17.8 Å². The largest absolute Gasteiger partial charge is 0.356 e. The van der Waals surface area contributed by atoms with Crippen LogP contribution in [0.5, 0.6) is 0 Å². The molecule has 1 aromatic rings. The van der Waals surface area contributed by atoms with E-state index < -0.39 is 0 Å². The summed E-state index contributed by atoms with van der Waals surface area (Å²) in [7, 11) is 3.42. The number of hydrogen-bond acceptors (Lipinski definition) is 4. The molecule has 1 aromatic carbocycles. The van der Waals surface area contributed by atoms with Crippen LogP contribution in [0.1, 0.15) is 29.8 Å². The predicted octanol–water partition coefficient (Wildman–Crippen LogP) is 0.306. The molecule has 0 radical (unpaired) electrons. The maximum absolute atomic E-state index is 11.9. The molecular formula is C21H34N6O2. The topological polar surface area (TPSA) is 89.1 Å². The normalized spacial score (nSPS) is 15.3. The third-order valence-corrected chi connectivity index (χ3v) is 4.81. The van der Waals surface area contributed by atoms with Crippen LogP contribution in [-0.4, -0.2) is 87.0 Å². The minimum Gasteiger partial charge on any atom is -0.356 e. The molecule has 160 valence electrons. The summed E-state index contributed by atoms with van der Waals surface area (Å²) in [6.45, 7) is 8.46. The molecule has 8 nitrogen and oxygen atoms in total. The molecule has 0 bridgehead atoms. The highest BCUT2D eigenvalue weighted by molar-refractivity contribution is 5.94. The van der Waals surface area contributed by atoms with E-state index in [0.29, 0.717) is 12.1 Å². The van der Waals surface area contributed by atoms with Gasteiger partial charge in [-0.2, -0.15) is 0 Å². The molecule has 0 atom stereocenters. The van der Waals surface area contributed by atoms with E-state index in [1.54, 1.807) is 14.1 Å². The van der Waals surface area contributed by atoms with Crippen LogP contribution in [-0.2, 0) is 11.2 Å². The molecule has 1 aliphatic rings. The van der Waals surface area contributed by atoms with E-state index in [1.165, 1.54) is 0 Å². The summed E-state index contributed by atoms with van der Waals surface area (Å²) in [4.78, 5) is 32.5. The standard InChI is InChI=1S/C21H34N6O2/c1-16(2)25-19(28)15-26-10-12-27(13-11-26)21(23-4)24-9-8-17-6-5-7-18(14-17)20(29)22-3/h5-7,14,16H,8-13,15H2,1-4H3,(H,22,29)(H,23,24)(H,25,28). The summed E-state index contributed by atoms with van der Waals surface area (Å²) in [5, 5.41) is 9.00. The second kappa shape index (κ2) is 11.4. The van der Waals surface area contributed by atoms with Crippen molar-refractivity contribution in [3.05, 3.63) is 35.4 Å². The monoisotopic (exact) mass is 402 g/mol. The number of amides is 2. The van der Waals surface area contributed by atoms with Crippen LogP contribution in [0.2, 0.25) is 0 Å². The van der Waals surface area contributed by atoms with Gasteiger partial charge in [-0.3, -0.25) is 19.5 Å². The molecule has 0 aromatic heterocycles. The molecule has 0 aliphatic carbocycles. The maximum atomic E-state index is 11.9. The molecule has 8 heteroatoms. The summed E-state index contributed by atoms with van der Waals surface area (Å²) in [5.41, 5.74) is 1.78. The Hall–Kier alpha value is -2.61. The van der Waals surface area contributed by atoms with Gasteiger partial charge in [0, 0.05) is 58.4 Å². The minimum absolute atomic E-state index is 0.0736. The fourth-order valence-corrected chi connectivity index (χ4v) is 3.35. The van der Waals surface area contributed by atoms with Gasteiger partial charge < -0.3 is 20.9 Å². The van der Waals surface area contributed by atoms with E-state index in [4.69, 9.17) is 0 Å². The van der Waals surface area contributed by atoms with Crippen molar-refractivity contribution in [3.63, 3.8) is 0 Å². The van der Waals surface area contributed by atoms with Gasteiger partial charge >= 0.3 is 0 Å². The van der Waals surface area contributed by atoms with Crippen LogP contribution in [0, 0.1) is 0 Å². The van der Waals surface area contributed by atoms with Gasteiger partial charge in [-0.05, 0) is 38.0 Å². The van der Waals surface area contributed by atoms with E-state index in [9.17, 15) is 9.59 Å². The molecule has 0 spiro atoms. The fraction of sp³-hybridized carbons (Fsp3) is 0.571. The fourth-order valence-electron chi connectivity index (χ4n) is 3.35. The third-order valence-electron chi connectivity index (χ3n) is 4.81. The average molecular weight is 403 g/mol.